The zero-order valence-corrected chi connectivity index (χ0v) is 20.0. The molecule has 176 valence electrons. The summed E-state index contributed by atoms with van der Waals surface area (Å²) in [6, 6.07) is 17.1. The summed E-state index contributed by atoms with van der Waals surface area (Å²) in [6.45, 7) is 1.87. The number of ether oxygens (including phenoxy) is 1. The number of fused-ring (bicyclic) bond motifs is 1. The Morgan fingerprint density at radius 2 is 1.65 bits per heavy atom. The molecule has 8 heteroatoms. The summed E-state index contributed by atoms with van der Waals surface area (Å²) in [4.78, 5) is 41.3. The Kier molecular flexibility index (Phi) is 6.15. The van der Waals surface area contributed by atoms with E-state index in [1.807, 2.05) is 73.6 Å². The van der Waals surface area contributed by atoms with Crippen molar-refractivity contribution in [1.82, 2.24) is 9.13 Å². The summed E-state index contributed by atoms with van der Waals surface area (Å²) in [5.41, 5.74) is 2.93. The molecule has 0 fully saturated rings. The first-order valence-electron chi connectivity index (χ1n) is 11.0. The molecule has 0 spiro atoms. The molecule has 1 aliphatic rings. The van der Waals surface area contributed by atoms with Gasteiger partial charge in [-0.2, -0.15) is 0 Å². The topological polar surface area (TPSA) is 85.6 Å². The van der Waals surface area contributed by atoms with Gasteiger partial charge in [0.25, 0.3) is 5.56 Å². The lowest BCUT2D eigenvalue weighted by molar-refractivity contribution is -0.140. The molecule has 34 heavy (non-hydrogen) atoms. The predicted molar refractivity (Wildman–Crippen MR) is 132 cm³/mol. The van der Waals surface area contributed by atoms with Crippen LogP contribution in [0.1, 0.15) is 29.5 Å². The van der Waals surface area contributed by atoms with Gasteiger partial charge in [0, 0.05) is 39.6 Å². The van der Waals surface area contributed by atoms with Crippen LogP contribution in [0, 0.1) is 0 Å². The molecular weight excluding hydrogens is 432 g/mol. The van der Waals surface area contributed by atoms with Crippen molar-refractivity contribution < 1.29 is 9.53 Å². The third kappa shape index (κ3) is 4.03. The van der Waals surface area contributed by atoms with Crippen LogP contribution in [0.5, 0.6) is 0 Å². The molecule has 2 heterocycles. The number of hydrogen-bond donors (Lipinski definition) is 1. The van der Waals surface area contributed by atoms with Crippen LogP contribution in [0.15, 0.2) is 75.5 Å². The molecule has 0 saturated heterocycles. The Morgan fingerprint density at radius 3 is 2.26 bits per heavy atom. The van der Waals surface area contributed by atoms with Gasteiger partial charge in [-0.1, -0.05) is 42.5 Å². The fraction of sp³-hybridized carbons (Fsp3) is 0.269. The highest BCUT2D eigenvalue weighted by Gasteiger charge is 2.37. The average molecular weight is 461 g/mol. The van der Waals surface area contributed by atoms with E-state index in [9.17, 15) is 14.4 Å². The van der Waals surface area contributed by atoms with Crippen molar-refractivity contribution in [1.29, 1.82) is 0 Å². The average Bonchev–Trinajstić information content (AvgIpc) is 2.84. The number of allylic oxidation sites excluding steroid dienone is 1. The Balaban J connectivity index is 1.85. The van der Waals surface area contributed by atoms with Crippen LogP contribution >= 0.6 is 0 Å². The number of anilines is 2. The number of rotatable bonds is 5. The fourth-order valence-corrected chi connectivity index (χ4v) is 4.26. The van der Waals surface area contributed by atoms with Crippen LogP contribution in [-0.2, 0) is 30.2 Å². The van der Waals surface area contributed by atoms with Crippen molar-refractivity contribution in [3.8, 4) is 0 Å². The van der Waals surface area contributed by atoms with Crippen LogP contribution < -0.4 is 21.5 Å². The fourth-order valence-electron chi connectivity index (χ4n) is 4.26. The molecule has 0 unspecified atom stereocenters. The van der Waals surface area contributed by atoms with Gasteiger partial charge in [-0.15, -0.1) is 0 Å². The monoisotopic (exact) mass is 460 g/mol. The van der Waals surface area contributed by atoms with E-state index in [1.165, 1.54) is 11.6 Å². The highest BCUT2D eigenvalue weighted by Crippen LogP contribution is 2.40. The Hall–Kier alpha value is -4.07. The van der Waals surface area contributed by atoms with Crippen molar-refractivity contribution in [2.45, 2.75) is 19.4 Å². The third-order valence-electron chi connectivity index (χ3n) is 6.16. The quantitative estimate of drug-likeness (QED) is 0.590. The zero-order chi connectivity index (χ0) is 24.6. The summed E-state index contributed by atoms with van der Waals surface area (Å²) in [5.74, 6) is -0.828. The summed E-state index contributed by atoms with van der Waals surface area (Å²) < 4.78 is 8.13. The number of hydrogen-bond acceptors (Lipinski definition) is 6. The molecule has 1 N–H and O–H groups in total. The molecule has 4 rings (SSSR count). The van der Waals surface area contributed by atoms with Crippen LogP contribution in [-0.4, -0.2) is 29.2 Å². The maximum Gasteiger partial charge on any atom is 0.337 e. The molecule has 0 bridgehead atoms. The predicted octanol–water partition coefficient (Wildman–Crippen LogP) is 2.72. The number of benzene rings is 2. The van der Waals surface area contributed by atoms with Crippen molar-refractivity contribution in [2.24, 2.45) is 14.1 Å². The zero-order valence-electron chi connectivity index (χ0n) is 20.0. The van der Waals surface area contributed by atoms with Crippen LogP contribution in [0.3, 0.4) is 0 Å². The van der Waals surface area contributed by atoms with Gasteiger partial charge in [0.05, 0.1) is 17.1 Å². The number of carbonyl (C=O) groups excluding carboxylic acids is 1. The van der Waals surface area contributed by atoms with E-state index < -0.39 is 23.1 Å². The van der Waals surface area contributed by atoms with Crippen molar-refractivity contribution in [3.63, 3.8) is 0 Å². The van der Waals surface area contributed by atoms with E-state index in [0.29, 0.717) is 22.7 Å². The van der Waals surface area contributed by atoms with Crippen LogP contribution in [0.25, 0.3) is 0 Å². The normalized spacial score (nSPS) is 14.9. The number of nitrogens with one attached hydrogen (secondary N) is 1. The molecule has 2 aromatic carbocycles. The van der Waals surface area contributed by atoms with Crippen molar-refractivity contribution in [2.75, 3.05) is 24.3 Å². The molecular formula is C26H28N4O4. The lowest BCUT2D eigenvalue weighted by Gasteiger charge is -2.31. The first kappa shape index (κ1) is 23.1. The minimum Gasteiger partial charge on any atom is -0.457 e. The van der Waals surface area contributed by atoms with Gasteiger partial charge in [0.15, 0.2) is 0 Å². The van der Waals surface area contributed by atoms with Gasteiger partial charge in [-0.3, -0.25) is 13.9 Å². The van der Waals surface area contributed by atoms with Gasteiger partial charge in [-0.25, -0.2) is 9.59 Å². The summed E-state index contributed by atoms with van der Waals surface area (Å²) in [5, 5.41) is 3.12. The standard InChI is InChI=1S/C26H28N4O4/c1-16-20(25(32)34-15-17-9-7-6-8-10-17)21(18-11-13-19(14-12-18)28(2)3)22-23(27-16)29(4)26(33)30(5)24(22)31/h6-14,21,27H,15H2,1-5H3/t21-/m0/s1. The molecule has 1 aromatic heterocycles. The second-order valence-corrected chi connectivity index (χ2v) is 8.61. The van der Waals surface area contributed by atoms with E-state index in [-0.39, 0.29) is 6.61 Å². The maximum atomic E-state index is 13.4. The minimum atomic E-state index is -0.693. The maximum absolute atomic E-state index is 13.4. The Bertz CT molecular complexity index is 1380. The van der Waals surface area contributed by atoms with Crippen LogP contribution in [0.4, 0.5) is 11.5 Å². The second-order valence-electron chi connectivity index (χ2n) is 8.61. The molecule has 0 aliphatic carbocycles. The minimum absolute atomic E-state index is 0.112. The van der Waals surface area contributed by atoms with E-state index in [4.69, 9.17) is 4.74 Å². The molecule has 0 radical (unpaired) electrons. The lowest BCUT2D eigenvalue weighted by Crippen LogP contribution is -2.43. The van der Waals surface area contributed by atoms with E-state index in [1.54, 1.807) is 14.0 Å². The Morgan fingerprint density at radius 1 is 1.00 bits per heavy atom. The van der Waals surface area contributed by atoms with Crippen LogP contribution in [0.2, 0.25) is 0 Å². The molecule has 0 amide bonds. The third-order valence-corrected chi connectivity index (χ3v) is 6.16. The highest BCUT2D eigenvalue weighted by atomic mass is 16.5. The molecule has 3 aromatic rings. The second kappa shape index (κ2) is 9.05. The van der Waals surface area contributed by atoms with Gasteiger partial charge >= 0.3 is 11.7 Å². The number of esters is 1. The molecule has 1 atom stereocenters. The van der Waals surface area contributed by atoms with E-state index in [0.717, 1.165) is 21.4 Å². The van der Waals surface area contributed by atoms with Crippen molar-refractivity contribution >= 4 is 17.5 Å². The largest absolute Gasteiger partial charge is 0.457 e. The van der Waals surface area contributed by atoms with Gasteiger partial charge < -0.3 is 15.0 Å². The summed E-state index contributed by atoms with van der Waals surface area (Å²) in [6.07, 6.45) is 0. The summed E-state index contributed by atoms with van der Waals surface area (Å²) >= 11 is 0. The van der Waals surface area contributed by atoms with Gasteiger partial charge in [0.1, 0.15) is 12.4 Å². The van der Waals surface area contributed by atoms with Gasteiger partial charge in [-0.05, 0) is 30.2 Å². The van der Waals surface area contributed by atoms with E-state index >= 15 is 0 Å². The SMILES string of the molecule is CC1=C(C(=O)OCc2ccccc2)[C@H](c2ccc(N(C)C)cc2)c2c(n(C)c(=O)n(C)c2=O)N1. The van der Waals surface area contributed by atoms with Crippen molar-refractivity contribution in [3.05, 3.63) is 103 Å². The summed E-state index contributed by atoms with van der Waals surface area (Å²) in [7, 11) is 6.93. The number of aromatic nitrogens is 2. The lowest BCUT2D eigenvalue weighted by atomic mass is 9.82. The smallest absolute Gasteiger partial charge is 0.337 e. The molecule has 0 saturated carbocycles. The first-order chi connectivity index (χ1) is 16.2. The Labute approximate surface area is 197 Å². The van der Waals surface area contributed by atoms with E-state index in [2.05, 4.69) is 5.32 Å². The van der Waals surface area contributed by atoms with Gasteiger partial charge in [0.2, 0.25) is 0 Å². The number of nitrogens with zero attached hydrogens (tertiary/aromatic N) is 3. The number of carbonyl (C=O) groups is 1. The first-order valence-corrected chi connectivity index (χ1v) is 11.0. The highest BCUT2D eigenvalue weighted by molar-refractivity contribution is 5.94. The molecule has 8 nitrogen and oxygen atoms in total. The molecule has 1 aliphatic heterocycles.